The fraction of sp³-hybridized carbons (Fsp3) is 0.793. The quantitative estimate of drug-likeness (QED) is 0.406. The Balaban J connectivity index is 0.962. The highest BCUT2D eigenvalue weighted by Crippen LogP contribution is 2.61. The molecule has 4 saturated carbocycles. The zero-order valence-electron chi connectivity index (χ0n) is 21.4. The first-order valence-electron chi connectivity index (χ1n) is 14.5. The van der Waals surface area contributed by atoms with Gasteiger partial charge in [-0.3, -0.25) is 4.90 Å². The van der Waals surface area contributed by atoms with Crippen molar-refractivity contribution in [2.45, 2.75) is 81.7 Å². The van der Waals surface area contributed by atoms with E-state index < -0.39 is 22.8 Å². The van der Waals surface area contributed by atoms with Crippen LogP contribution in [0.25, 0.3) is 0 Å². The van der Waals surface area contributed by atoms with Crippen molar-refractivity contribution >= 4 is 11.2 Å². The summed E-state index contributed by atoms with van der Waals surface area (Å²) < 4.78 is 24.5. The van der Waals surface area contributed by atoms with E-state index in [0.717, 1.165) is 86.7 Å². The molecule has 7 heteroatoms. The average Bonchev–Trinajstić information content (AvgIpc) is 3.24. The summed E-state index contributed by atoms with van der Waals surface area (Å²) in [4.78, 5) is 14.8. The molecule has 4 aliphatic carbocycles. The number of benzene rings is 1. The lowest BCUT2D eigenvalue weighted by molar-refractivity contribution is -0.375. The lowest BCUT2D eigenvalue weighted by Gasteiger charge is -2.54. The van der Waals surface area contributed by atoms with Crippen molar-refractivity contribution in [3.8, 4) is 5.75 Å². The van der Waals surface area contributed by atoms with Gasteiger partial charge >= 0.3 is 0 Å². The molecule has 0 amide bonds. The molecule has 0 N–H and O–H groups in total. The van der Waals surface area contributed by atoms with Crippen LogP contribution in [0.1, 0.15) is 75.7 Å². The summed E-state index contributed by atoms with van der Waals surface area (Å²) >= 11 is -0.624. The van der Waals surface area contributed by atoms with Crippen molar-refractivity contribution in [3.63, 3.8) is 0 Å². The maximum atomic E-state index is 11.5. The summed E-state index contributed by atoms with van der Waals surface area (Å²) in [6.45, 7) is 3.39. The van der Waals surface area contributed by atoms with Gasteiger partial charge in [0.25, 0.3) is 0 Å². The maximum absolute atomic E-state index is 11.5. The van der Waals surface area contributed by atoms with Gasteiger partial charge in [0.2, 0.25) is 11.6 Å². The normalized spacial score (nSPS) is 42.9. The third kappa shape index (κ3) is 4.62. The van der Waals surface area contributed by atoms with Gasteiger partial charge in [0.1, 0.15) is 23.9 Å². The number of rotatable bonds is 5. The first kappa shape index (κ1) is 24.2. The minimum atomic E-state index is -0.624. The molecule has 2 saturated heterocycles. The largest absolute Gasteiger partial charge is 0.616 e. The van der Waals surface area contributed by atoms with Gasteiger partial charge < -0.3 is 14.0 Å². The Labute approximate surface area is 218 Å². The van der Waals surface area contributed by atoms with Crippen molar-refractivity contribution in [2.75, 3.05) is 37.7 Å². The highest BCUT2D eigenvalue weighted by Gasteiger charge is 2.63. The summed E-state index contributed by atoms with van der Waals surface area (Å²) in [5.74, 6) is 4.85. The van der Waals surface area contributed by atoms with E-state index in [2.05, 4.69) is 29.2 Å². The minimum absolute atomic E-state index is 0.417. The third-order valence-electron chi connectivity index (χ3n) is 10.3. The minimum Gasteiger partial charge on any atom is -0.616 e. The van der Waals surface area contributed by atoms with Crippen LogP contribution in [0.2, 0.25) is 0 Å². The maximum Gasteiger partial charge on any atom is 0.207 e. The van der Waals surface area contributed by atoms with Crippen molar-refractivity contribution < 1.29 is 23.8 Å². The molecule has 2 heterocycles. The van der Waals surface area contributed by atoms with E-state index in [1.165, 1.54) is 37.7 Å². The molecule has 6 aliphatic rings. The Bertz CT molecular complexity index is 921. The molecule has 0 radical (unpaired) electrons. The van der Waals surface area contributed by atoms with Crippen molar-refractivity contribution in [3.05, 3.63) is 29.8 Å². The molecule has 5 unspecified atom stereocenters. The van der Waals surface area contributed by atoms with E-state index in [0.29, 0.717) is 18.4 Å². The molecule has 6 nitrogen and oxygen atoms in total. The molecule has 36 heavy (non-hydrogen) atoms. The molecule has 0 aromatic heterocycles. The number of ether oxygens (including phenoxy) is 2. The first-order valence-corrected chi connectivity index (χ1v) is 15.9. The molecular formula is C29H41NO5S. The Morgan fingerprint density at radius 2 is 1.83 bits per heavy atom. The van der Waals surface area contributed by atoms with Crippen molar-refractivity contribution in [1.82, 2.24) is 4.90 Å². The van der Waals surface area contributed by atoms with Gasteiger partial charge in [0.05, 0.1) is 0 Å². The molecule has 2 aliphatic heterocycles. The van der Waals surface area contributed by atoms with Crippen LogP contribution in [0.4, 0.5) is 0 Å². The number of nitrogens with zero attached hydrogens (tertiary/aromatic N) is 1. The number of hydrogen-bond donors (Lipinski definition) is 0. The molecule has 1 aromatic carbocycles. The Morgan fingerprint density at radius 3 is 2.69 bits per heavy atom. The van der Waals surface area contributed by atoms with Crippen molar-refractivity contribution in [1.29, 1.82) is 0 Å². The van der Waals surface area contributed by atoms with Gasteiger partial charge in [0.15, 0.2) is 0 Å². The summed E-state index contributed by atoms with van der Waals surface area (Å²) in [6.07, 6.45) is 11.8. The lowest BCUT2D eigenvalue weighted by Crippen LogP contribution is -2.54. The Hall–Kier alpha value is -0.830. The van der Waals surface area contributed by atoms with Gasteiger partial charge in [-0.2, -0.15) is 9.78 Å². The zero-order chi connectivity index (χ0) is 24.2. The summed E-state index contributed by atoms with van der Waals surface area (Å²) in [5, 5.41) is 0. The van der Waals surface area contributed by atoms with Gasteiger partial charge in [-0.15, -0.1) is 0 Å². The van der Waals surface area contributed by atoms with Crippen LogP contribution < -0.4 is 4.74 Å². The molecule has 6 fully saturated rings. The van der Waals surface area contributed by atoms with Gasteiger partial charge in [-0.05, 0) is 79.9 Å². The second-order valence-corrected chi connectivity index (χ2v) is 14.2. The molecule has 7 rings (SSSR count). The monoisotopic (exact) mass is 515 g/mol. The van der Waals surface area contributed by atoms with Gasteiger partial charge in [-0.1, -0.05) is 29.7 Å². The Kier molecular flexibility index (Phi) is 6.55. The third-order valence-corrected chi connectivity index (χ3v) is 11.6. The summed E-state index contributed by atoms with van der Waals surface area (Å²) in [6, 6.07) is 8.66. The molecule has 7 atom stereocenters. The zero-order valence-corrected chi connectivity index (χ0v) is 22.2. The number of fused-ring (bicyclic) bond motifs is 3. The molecule has 2 spiro atoms. The SMILES string of the molecule is [O-][S+]1CCN(CCOc2ccc(C3CCC[C@]4(C3)OO[C@]3(CC5CCC6CC5CC3C6)O4)cc2)CC1. The molecule has 198 valence electrons. The van der Waals surface area contributed by atoms with E-state index in [9.17, 15) is 4.55 Å². The second-order valence-electron chi connectivity index (χ2n) is 12.5. The first-order chi connectivity index (χ1) is 17.6. The van der Waals surface area contributed by atoms with Crippen LogP contribution in [0.3, 0.4) is 0 Å². The topological polar surface area (TPSA) is 63.2 Å². The molecule has 3 bridgehead atoms. The Morgan fingerprint density at radius 1 is 0.972 bits per heavy atom. The van der Waals surface area contributed by atoms with E-state index in [1.54, 1.807) is 0 Å². The average molecular weight is 516 g/mol. The smallest absolute Gasteiger partial charge is 0.207 e. The molecule has 1 aromatic rings. The van der Waals surface area contributed by atoms with Crippen LogP contribution >= 0.6 is 0 Å². The van der Waals surface area contributed by atoms with E-state index in [-0.39, 0.29) is 0 Å². The van der Waals surface area contributed by atoms with Crippen molar-refractivity contribution in [2.24, 2.45) is 23.7 Å². The summed E-state index contributed by atoms with van der Waals surface area (Å²) in [7, 11) is 0. The van der Waals surface area contributed by atoms with Crippen LogP contribution in [-0.4, -0.2) is 58.8 Å². The second kappa shape index (κ2) is 9.73. The fourth-order valence-electron chi connectivity index (χ4n) is 8.35. The summed E-state index contributed by atoms with van der Waals surface area (Å²) in [5.41, 5.74) is 1.34. The standard InChI is InChI=1S/C29H41NO5S/c31-36-14-11-30(12-15-36)10-13-32-27-7-5-22(6-8-27)23-2-1-9-28(19-23)33-29(35-34-28)20-24-4-3-21-16-25(24)18-26(29)17-21/h5-8,21,23-26H,1-4,9-20H2/t21?,23?,24?,25?,26?,28-,29+/m1/s1. The van der Waals surface area contributed by atoms with E-state index in [1.807, 2.05) is 0 Å². The van der Waals surface area contributed by atoms with Gasteiger partial charge in [0, 0.05) is 44.8 Å². The molecular weight excluding hydrogens is 474 g/mol. The highest BCUT2D eigenvalue weighted by atomic mass is 32.2. The predicted octanol–water partition coefficient (Wildman–Crippen LogP) is 5.00. The highest BCUT2D eigenvalue weighted by molar-refractivity contribution is 7.91. The van der Waals surface area contributed by atoms with E-state index in [4.69, 9.17) is 19.2 Å². The van der Waals surface area contributed by atoms with E-state index >= 15 is 0 Å². The van der Waals surface area contributed by atoms with Crippen LogP contribution in [-0.2, 0) is 25.7 Å². The predicted molar refractivity (Wildman–Crippen MR) is 138 cm³/mol. The lowest BCUT2D eigenvalue weighted by atomic mass is 9.55. The number of hydrogen-bond acceptors (Lipinski definition) is 6. The van der Waals surface area contributed by atoms with Crippen LogP contribution in [0.5, 0.6) is 5.75 Å². The van der Waals surface area contributed by atoms with Gasteiger partial charge in [-0.25, -0.2) is 0 Å². The fourth-order valence-corrected chi connectivity index (χ4v) is 9.48. The van der Waals surface area contributed by atoms with Crippen LogP contribution in [0, 0.1) is 23.7 Å². The van der Waals surface area contributed by atoms with Crippen LogP contribution in [0.15, 0.2) is 24.3 Å².